The zero-order valence-corrected chi connectivity index (χ0v) is 11.9. The van der Waals surface area contributed by atoms with Crippen molar-refractivity contribution in [2.45, 2.75) is 25.1 Å². The number of amides is 1. The summed E-state index contributed by atoms with van der Waals surface area (Å²) in [7, 11) is 0. The molecule has 1 heterocycles. The molecule has 6 heteroatoms. The largest absolute Gasteiger partial charge is 0.300 e. The number of carbonyl (C=O) groups excluding carboxylic acids is 1. The summed E-state index contributed by atoms with van der Waals surface area (Å²) >= 11 is 2.95. The minimum Gasteiger partial charge on any atom is -0.300 e. The number of thioether (sulfide) groups is 1. The van der Waals surface area contributed by atoms with Crippen molar-refractivity contribution >= 4 is 34.1 Å². The molecule has 1 rings (SSSR count). The van der Waals surface area contributed by atoms with E-state index in [1.807, 2.05) is 26.8 Å². The number of anilines is 1. The number of hydrogen-bond acceptors (Lipinski definition) is 5. The molecule has 0 spiro atoms. The Morgan fingerprint density at radius 1 is 1.53 bits per heavy atom. The van der Waals surface area contributed by atoms with Gasteiger partial charge in [-0.15, -0.1) is 16.8 Å². The van der Waals surface area contributed by atoms with Crippen LogP contribution < -0.4 is 5.32 Å². The Hall–Kier alpha value is -0.880. The third-order valence-corrected chi connectivity index (χ3v) is 4.34. The van der Waals surface area contributed by atoms with Gasteiger partial charge in [0, 0.05) is 11.7 Å². The van der Waals surface area contributed by atoms with Gasteiger partial charge in [-0.05, 0) is 5.92 Å². The maximum Gasteiger partial charge on any atom is 0.229 e. The van der Waals surface area contributed by atoms with Gasteiger partial charge in [-0.3, -0.25) is 4.79 Å². The standard InChI is InChI=1S/C11H17N3OS2/c1-5-6-16-11-14-13-10(17-11)12-9(15)8(4)7(2)3/h5,7-8H,1,6H2,2-4H3,(H,12,13,15). The second-order valence-electron chi connectivity index (χ2n) is 3.99. The molecule has 1 N–H and O–H groups in total. The van der Waals surface area contributed by atoms with Crippen molar-refractivity contribution in [1.29, 1.82) is 0 Å². The molecule has 4 nitrogen and oxygen atoms in total. The normalized spacial score (nSPS) is 12.5. The molecule has 1 aromatic heterocycles. The fraction of sp³-hybridized carbons (Fsp3) is 0.545. The van der Waals surface area contributed by atoms with Crippen LogP contribution in [0.25, 0.3) is 0 Å². The molecule has 1 unspecified atom stereocenters. The number of hydrogen-bond donors (Lipinski definition) is 1. The van der Waals surface area contributed by atoms with Crippen LogP contribution in [0.3, 0.4) is 0 Å². The monoisotopic (exact) mass is 271 g/mol. The summed E-state index contributed by atoms with van der Waals surface area (Å²) in [5.41, 5.74) is 0. The minimum atomic E-state index is -0.0248. The predicted molar refractivity (Wildman–Crippen MR) is 73.5 cm³/mol. The first-order valence-corrected chi connectivity index (χ1v) is 7.23. The van der Waals surface area contributed by atoms with Crippen LogP contribution in [0.15, 0.2) is 17.0 Å². The molecule has 0 bridgehead atoms. The molecule has 0 aliphatic heterocycles. The van der Waals surface area contributed by atoms with E-state index < -0.39 is 0 Å². The van der Waals surface area contributed by atoms with Gasteiger partial charge in [0.05, 0.1) is 0 Å². The molecule has 0 aliphatic carbocycles. The van der Waals surface area contributed by atoms with Gasteiger partial charge in [0.2, 0.25) is 11.0 Å². The summed E-state index contributed by atoms with van der Waals surface area (Å²) < 4.78 is 0.845. The van der Waals surface area contributed by atoms with E-state index in [0.717, 1.165) is 10.1 Å². The number of nitrogens with zero attached hydrogens (tertiary/aromatic N) is 2. The molecule has 0 saturated carbocycles. The molecular formula is C11H17N3OS2. The van der Waals surface area contributed by atoms with E-state index in [9.17, 15) is 4.79 Å². The van der Waals surface area contributed by atoms with Gasteiger partial charge in [-0.25, -0.2) is 0 Å². The van der Waals surface area contributed by atoms with Crippen molar-refractivity contribution in [2.75, 3.05) is 11.1 Å². The average molecular weight is 271 g/mol. The Morgan fingerprint density at radius 2 is 2.24 bits per heavy atom. The number of carbonyl (C=O) groups is 1. The van der Waals surface area contributed by atoms with E-state index in [-0.39, 0.29) is 11.8 Å². The molecule has 1 amide bonds. The molecule has 0 aromatic carbocycles. The van der Waals surface area contributed by atoms with Gasteiger partial charge in [0.25, 0.3) is 0 Å². The van der Waals surface area contributed by atoms with E-state index >= 15 is 0 Å². The van der Waals surface area contributed by atoms with Gasteiger partial charge in [-0.2, -0.15) is 0 Å². The first-order chi connectivity index (χ1) is 8.04. The Bertz CT molecular complexity index is 390. The van der Waals surface area contributed by atoms with Crippen LogP contribution in [-0.4, -0.2) is 21.9 Å². The molecule has 0 aliphatic rings. The summed E-state index contributed by atoms with van der Waals surface area (Å²) in [6.07, 6.45) is 1.81. The van der Waals surface area contributed by atoms with E-state index in [2.05, 4.69) is 22.1 Å². The van der Waals surface area contributed by atoms with Crippen molar-refractivity contribution in [3.63, 3.8) is 0 Å². The Kier molecular flexibility index (Phi) is 5.64. The predicted octanol–water partition coefficient (Wildman–Crippen LogP) is 3.05. The van der Waals surface area contributed by atoms with Gasteiger partial charge in [0.1, 0.15) is 0 Å². The lowest BCUT2D eigenvalue weighted by molar-refractivity contribution is -0.120. The molecule has 0 saturated heterocycles. The van der Waals surface area contributed by atoms with Crippen molar-refractivity contribution in [1.82, 2.24) is 10.2 Å². The number of rotatable bonds is 6. The SMILES string of the molecule is C=CCSc1nnc(NC(=O)C(C)C(C)C)s1. The minimum absolute atomic E-state index is 0.00331. The lowest BCUT2D eigenvalue weighted by atomic mass is 9.97. The first-order valence-electron chi connectivity index (χ1n) is 5.42. The topological polar surface area (TPSA) is 54.9 Å². The van der Waals surface area contributed by atoms with Crippen molar-refractivity contribution in [3.05, 3.63) is 12.7 Å². The fourth-order valence-corrected chi connectivity index (χ4v) is 2.49. The fourth-order valence-electron chi connectivity index (χ4n) is 0.971. The van der Waals surface area contributed by atoms with Gasteiger partial charge >= 0.3 is 0 Å². The van der Waals surface area contributed by atoms with Crippen LogP contribution in [0.2, 0.25) is 0 Å². The van der Waals surface area contributed by atoms with Gasteiger partial charge in [-0.1, -0.05) is 49.9 Å². The Balaban J connectivity index is 2.54. The van der Waals surface area contributed by atoms with Crippen molar-refractivity contribution < 1.29 is 4.79 Å². The Labute approximate surface area is 110 Å². The quantitative estimate of drug-likeness (QED) is 0.491. The Morgan fingerprint density at radius 3 is 2.82 bits per heavy atom. The zero-order valence-electron chi connectivity index (χ0n) is 10.3. The number of aromatic nitrogens is 2. The second kappa shape index (κ2) is 6.76. The molecule has 0 radical (unpaired) electrons. The smallest absolute Gasteiger partial charge is 0.229 e. The molecule has 17 heavy (non-hydrogen) atoms. The second-order valence-corrected chi connectivity index (χ2v) is 6.24. The van der Waals surface area contributed by atoms with Crippen LogP contribution in [0, 0.1) is 11.8 Å². The zero-order chi connectivity index (χ0) is 12.8. The van der Waals surface area contributed by atoms with Crippen LogP contribution in [0.4, 0.5) is 5.13 Å². The molecule has 1 aromatic rings. The highest BCUT2D eigenvalue weighted by atomic mass is 32.2. The summed E-state index contributed by atoms with van der Waals surface area (Å²) in [4.78, 5) is 11.8. The summed E-state index contributed by atoms with van der Waals surface area (Å²) in [6, 6.07) is 0. The molecule has 1 atom stereocenters. The highest BCUT2D eigenvalue weighted by Gasteiger charge is 2.18. The molecular weight excluding hydrogens is 254 g/mol. The van der Waals surface area contributed by atoms with Crippen LogP contribution in [-0.2, 0) is 4.79 Å². The number of nitrogens with one attached hydrogen (secondary N) is 1. The average Bonchev–Trinajstić information content (AvgIpc) is 2.72. The van der Waals surface area contributed by atoms with Crippen molar-refractivity contribution in [3.8, 4) is 0 Å². The van der Waals surface area contributed by atoms with Crippen LogP contribution in [0.5, 0.6) is 0 Å². The lowest BCUT2D eigenvalue weighted by Gasteiger charge is -2.13. The van der Waals surface area contributed by atoms with E-state index in [4.69, 9.17) is 0 Å². The van der Waals surface area contributed by atoms with E-state index in [1.165, 1.54) is 11.3 Å². The highest BCUT2D eigenvalue weighted by molar-refractivity contribution is 8.01. The molecule has 0 fully saturated rings. The van der Waals surface area contributed by atoms with Crippen molar-refractivity contribution in [2.24, 2.45) is 11.8 Å². The maximum atomic E-state index is 11.8. The summed E-state index contributed by atoms with van der Waals surface area (Å²) in [5.74, 6) is 1.09. The summed E-state index contributed by atoms with van der Waals surface area (Å²) in [5, 5.41) is 11.3. The van der Waals surface area contributed by atoms with Crippen LogP contribution in [0.1, 0.15) is 20.8 Å². The van der Waals surface area contributed by atoms with Crippen LogP contribution >= 0.6 is 23.1 Å². The third kappa shape index (κ3) is 4.47. The maximum absolute atomic E-state index is 11.8. The van der Waals surface area contributed by atoms with Gasteiger partial charge < -0.3 is 5.32 Å². The van der Waals surface area contributed by atoms with E-state index in [1.54, 1.807) is 11.8 Å². The molecule has 94 valence electrons. The van der Waals surface area contributed by atoms with Gasteiger partial charge in [0.15, 0.2) is 4.34 Å². The third-order valence-electron chi connectivity index (χ3n) is 2.37. The summed E-state index contributed by atoms with van der Waals surface area (Å²) in [6.45, 7) is 9.60. The first kappa shape index (κ1) is 14.2. The van der Waals surface area contributed by atoms with E-state index in [0.29, 0.717) is 11.0 Å². The highest BCUT2D eigenvalue weighted by Crippen LogP contribution is 2.26. The lowest BCUT2D eigenvalue weighted by Crippen LogP contribution is -2.24.